The number of hydrogen-bond donors (Lipinski definition) is 0. The first-order valence-electron chi connectivity index (χ1n) is 9.05. The fourth-order valence-corrected chi connectivity index (χ4v) is 3.29. The van der Waals surface area contributed by atoms with Crippen LogP contribution in [0.1, 0.15) is 83.1 Å². The third-order valence-electron chi connectivity index (χ3n) is 5.15. The molecule has 0 heterocycles. The van der Waals surface area contributed by atoms with Crippen molar-refractivity contribution in [2.45, 2.75) is 78.7 Å². The highest BCUT2D eigenvalue weighted by Gasteiger charge is 2.31. The Bertz CT molecular complexity index is 538. The van der Waals surface area contributed by atoms with Crippen molar-refractivity contribution in [3.05, 3.63) is 35.4 Å². The van der Waals surface area contributed by atoms with Gasteiger partial charge in [-0.05, 0) is 60.1 Å². The number of rotatable bonds is 3. The van der Waals surface area contributed by atoms with Gasteiger partial charge in [0.15, 0.2) is 0 Å². The van der Waals surface area contributed by atoms with E-state index in [1.807, 2.05) is 24.3 Å². The van der Waals surface area contributed by atoms with Gasteiger partial charge in [0, 0.05) is 0 Å². The molecule has 1 aromatic carbocycles. The van der Waals surface area contributed by atoms with Crippen LogP contribution in [0.2, 0.25) is 0 Å². The van der Waals surface area contributed by atoms with E-state index in [1.165, 1.54) is 5.56 Å². The van der Waals surface area contributed by atoms with Crippen LogP contribution in [0.5, 0.6) is 0 Å². The van der Waals surface area contributed by atoms with Gasteiger partial charge in [-0.3, -0.25) is 4.89 Å². The maximum atomic E-state index is 12.1. The molecule has 2 rings (SSSR count). The van der Waals surface area contributed by atoms with Gasteiger partial charge < -0.3 is 0 Å². The lowest BCUT2D eigenvalue weighted by Crippen LogP contribution is -2.29. The Hall–Kier alpha value is -1.35. The van der Waals surface area contributed by atoms with Crippen LogP contribution in [0.15, 0.2) is 24.3 Å². The van der Waals surface area contributed by atoms with E-state index >= 15 is 0 Å². The van der Waals surface area contributed by atoms with E-state index in [0.717, 1.165) is 31.6 Å². The molecule has 0 aromatic heterocycles. The second-order valence-corrected chi connectivity index (χ2v) is 9.13. The first-order chi connectivity index (χ1) is 11.1. The standard InChI is InChI=1S/C21H32O3/c1-20(2,3)16-9-7-15(8-10-16)19(22)24-23-18-13-11-17(12-14-18)21(4,5)6/h7-10,17-18H,11-14H2,1-6H3. The first kappa shape index (κ1) is 19.0. The van der Waals surface area contributed by atoms with E-state index < -0.39 is 5.97 Å². The van der Waals surface area contributed by atoms with Crippen molar-refractivity contribution < 1.29 is 14.6 Å². The molecule has 0 radical (unpaired) electrons. The van der Waals surface area contributed by atoms with Crippen LogP contribution < -0.4 is 0 Å². The minimum atomic E-state index is -0.409. The summed E-state index contributed by atoms with van der Waals surface area (Å²) >= 11 is 0. The molecule has 0 aliphatic heterocycles. The third-order valence-corrected chi connectivity index (χ3v) is 5.15. The van der Waals surface area contributed by atoms with Gasteiger partial charge in [0.2, 0.25) is 0 Å². The number of carbonyl (C=O) groups excluding carboxylic acids is 1. The predicted octanol–water partition coefficient (Wildman–Crippen LogP) is 5.68. The van der Waals surface area contributed by atoms with E-state index in [4.69, 9.17) is 9.78 Å². The summed E-state index contributed by atoms with van der Waals surface area (Å²) in [6.45, 7) is 13.3. The summed E-state index contributed by atoms with van der Waals surface area (Å²) in [6, 6.07) is 7.57. The SMILES string of the molecule is CC(C)(C)c1ccc(C(=O)OOC2CCC(C(C)(C)C)CC2)cc1. The highest BCUT2D eigenvalue weighted by atomic mass is 17.2. The normalized spacial score (nSPS) is 22.2. The summed E-state index contributed by atoms with van der Waals surface area (Å²) in [5.41, 5.74) is 2.15. The van der Waals surface area contributed by atoms with Crippen molar-refractivity contribution in [1.82, 2.24) is 0 Å². The predicted molar refractivity (Wildman–Crippen MR) is 96.8 cm³/mol. The summed E-state index contributed by atoms with van der Waals surface area (Å²) in [4.78, 5) is 22.6. The molecule has 1 aliphatic rings. The third kappa shape index (κ3) is 5.07. The van der Waals surface area contributed by atoms with Crippen LogP contribution in [-0.4, -0.2) is 12.1 Å². The molecule has 3 heteroatoms. The molecule has 0 atom stereocenters. The van der Waals surface area contributed by atoms with Crippen molar-refractivity contribution in [1.29, 1.82) is 0 Å². The number of benzene rings is 1. The molecule has 0 N–H and O–H groups in total. The molecule has 1 aromatic rings. The second-order valence-electron chi connectivity index (χ2n) is 9.13. The van der Waals surface area contributed by atoms with Gasteiger partial charge in [0.25, 0.3) is 0 Å². The Morgan fingerprint density at radius 1 is 0.917 bits per heavy atom. The molecule has 3 nitrogen and oxygen atoms in total. The van der Waals surface area contributed by atoms with E-state index in [0.29, 0.717) is 11.0 Å². The number of hydrogen-bond acceptors (Lipinski definition) is 3. The van der Waals surface area contributed by atoms with Crippen LogP contribution in [0, 0.1) is 11.3 Å². The summed E-state index contributed by atoms with van der Waals surface area (Å²) in [6.07, 6.45) is 4.20. The van der Waals surface area contributed by atoms with Crippen molar-refractivity contribution in [3.8, 4) is 0 Å². The molecule has 0 spiro atoms. The molecule has 1 saturated carbocycles. The highest BCUT2D eigenvalue weighted by Crippen LogP contribution is 2.38. The van der Waals surface area contributed by atoms with Gasteiger partial charge in [-0.1, -0.05) is 53.7 Å². The topological polar surface area (TPSA) is 35.5 Å². The van der Waals surface area contributed by atoms with Crippen LogP contribution >= 0.6 is 0 Å². The number of carbonyl (C=O) groups is 1. The lowest BCUT2D eigenvalue weighted by atomic mass is 9.72. The minimum Gasteiger partial charge on any atom is -0.293 e. The molecular weight excluding hydrogens is 300 g/mol. The lowest BCUT2D eigenvalue weighted by molar-refractivity contribution is -0.281. The van der Waals surface area contributed by atoms with Gasteiger partial charge in [0.1, 0.15) is 6.10 Å². The molecular formula is C21H32O3. The Balaban J connectivity index is 1.82. The molecule has 0 bridgehead atoms. The molecule has 134 valence electrons. The average Bonchev–Trinajstić information content (AvgIpc) is 2.51. The average molecular weight is 332 g/mol. The molecule has 0 amide bonds. The summed E-state index contributed by atoms with van der Waals surface area (Å²) in [5.74, 6) is 0.311. The van der Waals surface area contributed by atoms with Crippen molar-refractivity contribution in [2.75, 3.05) is 0 Å². The smallest absolute Gasteiger partial charge is 0.293 e. The van der Waals surface area contributed by atoms with E-state index in [-0.39, 0.29) is 11.5 Å². The maximum Gasteiger partial charge on any atom is 0.373 e. The van der Waals surface area contributed by atoms with Crippen molar-refractivity contribution in [3.63, 3.8) is 0 Å². The lowest BCUT2D eigenvalue weighted by Gasteiger charge is -2.36. The fourth-order valence-electron chi connectivity index (χ4n) is 3.29. The van der Waals surface area contributed by atoms with E-state index in [1.54, 1.807) is 0 Å². The van der Waals surface area contributed by atoms with Crippen LogP contribution in [-0.2, 0) is 15.2 Å². The molecule has 1 fully saturated rings. The molecule has 1 aliphatic carbocycles. The van der Waals surface area contributed by atoms with Crippen LogP contribution in [0.3, 0.4) is 0 Å². The molecule has 0 unspecified atom stereocenters. The first-order valence-corrected chi connectivity index (χ1v) is 9.05. The van der Waals surface area contributed by atoms with Crippen LogP contribution in [0.4, 0.5) is 0 Å². The Morgan fingerprint density at radius 3 is 1.92 bits per heavy atom. The van der Waals surface area contributed by atoms with Gasteiger partial charge in [-0.15, -0.1) is 0 Å². The molecule has 0 saturated heterocycles. The fraction of sp³-hybridized carbons (Fsp3) is 0.667. The Labute approximate surface area is 146 Å². The second kappa shape index (κ2) is 7.26. The largest absolute Gasteiger partial charge is 0.373 e. The monoisotopic (exact) mass is 332 g/mol. The Kier molecular flexibility index (Phi) is 5.74. The van der Waals surface area contributed by atoms with Crippen molar-refractivity contribution >= 4 is 5.97 Å². The summed E-state index contributed by atoms with van der Waals surface area (Å²) in [7, 11) is 0. The van der Waals surface area contributed by atoms with Gasteiger partial charge >= 0.3 is 5.97 Å². The quantitative estimate of drug-likeness (QED) is 0.528. The minimum absolute atomic E-state index is 0.0291. The zero-order chi connectivity index (χ0) is 18.0. The Morgan fingerprint density at radius 2 is 1.46 bits per heavy atom. The summed E-state index contributed by atoms with van der Waals surface area (Å²) in [5, 5.41) is 0. The van der Waals surface area contributed by atoms with Gasteiger partial charge in [0.05, 0.1) is 5.56 Å². The summed E-state index contributed by atoms with van der Waals surface area (Å²) < 4.78 is 0. The van der Waals surface area contributed by atoms with Crippen LogP contribution in [0.25, 0.3) is 0 Å². The van der Waals surface area contributed by atoms with Gasteiger partial charge in [-0.25, -0.2) is 4.79 Å². The van der Waals surface area contributed by atoms with E-state index in [9.17, 15) is 4.79 Å². The zero-order valence-corrected chi connectivity index (χ0v) is 16.0. The van der Waals surface area contributed by atoms with Gasteiger partial charge in [-0.2, -0.15) is 4.89 Å². The maximum absolute atomic E-state index is 12.1. The van der Waals surface area contributed by atoms with Crippen molar-refractivity contribution in [2.24, 2.45) is 11.3 Å². The van der Waals surface area contributed by atoms with E-state index in [2.05, 4.69) is 41.5 Å². The highest BCUT2D eigenvalue weighted by molar-refractivity contribution is 5.88. The molecule has 24 heavy (non-hydrogen) atoms. The zero-order valence-electron chi connectivity index (χ0n) is 16.0.